The highest BCUT2D eigenvalue weighted by Gasteiger charge is 2.17. The third-order valence-electron chi connectivity index (χ3n) is 3.62. The van der Waals surface area contributed by atoms with Gasteiger partial charge in [0.2, 0.25) is 0 Å². The molecule has 1 N–H and O–H groups in total. The summed E-state index contributed by atoms with van der Waals surface area (Å²) in [6.45, 7) is 9.89. The Morgan fingerprint density at radius 3 is 2.46 bits per heavy atom. The van der Waals surface area contributed by atoms with Crippen LogP contribution in [0.3, 0.4) is 0 Å². The summed E-state index contributed by atoms with van der Waals surface area (Å²) in [5, 5.41) is 2.79. The summed E-state index contributed by atoms with van der Waals surface area (Å²) in [6, 6.07) is 8.06. The first-order valence-electron chi connectivity index (χ1n) is 8.26. The van der Waals surface area contributed by atoms with Crippen LogP contribution in [-0.4, -0.2) is 31.3 Å². The van der Waals surface area contributed by atoms with Crippen LogP contribution in [0.25, 0.3) is 0 Å². The highest BCUT2D eigenvalue weighted by atomic mass is 16.6. The molecule has 0 bridgehead atoms. The van der Waals surface area contributed by atoms with Gasteiger partial charge >= 0.3 is 12.1 Å². The monoisotopic (exact) mass is 335 g/mol. The summed E-state index contributed by atoms with van der Waals surface area (Å²) in [5.41, 5.74) is 1.69. The predicted molar refractivity (Wildman–Crippen MR) is 94.0 cm³/mol. The maximum absolute atomic E-state index is 11.7. The van der Waals surface area contributed by atoms with E-state index in [0.29, 0.717) is 13.0 Å². The molecule has 0 aromatic heterocycles. The first kappa shape index (κ1) is 20.0. The van der Waals surface area contributed by atoms with Crippen molar-refractivity contribution in [3.63, 3.8) is 0 Å². The van der Waals surface area contributed by atoms with E-state index in [1.54, 1.807) is 0 Å². The Labute approximate surface area is 144 Å². The van der Waals surface area contributed by atoms with E-state index in [-0.39, 0.29) is 17.8 Å². The van der Waals surface area contributed by atoms with Crippen molar-refractivity contribution in [3.05, 3.63) is 35.4 Å². The van der Waals surface area contributed by atoms with Crippen LogP contribution in [-0.2, 0) is 20.7 Å². The molecule has 2 unspecified atom stereocenters. The van der Waals surface area contributed by atoms with Gasteiger partial charge in [-0.25, -0.2) is 4.79 Å². The third kappa shape index (κ3) is 7.02. The number of carbonyl (C=O) groups excluding carboxylic acids is 2. The molecule has 0 aliphatic carbocycles. The minimum Gasteiger partial charge on any atom is -0.469 e. The minimum atomic E-state index is -0.503. The zero-order chi connectivity index (χ0) is 18.3. The Morgan fingerprint density at radius 1 is 1.21 bits per heavy atom. The van der Waals surface area contributed by atoms with Crippen LogP contribution in [0.5, 0.6) is 0 Å². The minimum absolute atomic E-state index is 0.144. The zero-order valence-electron chi connectivity index (χ0n) is 15.5. The summed E-state index contributed by atoms with van der Waals surface area (Å²) in [7, 11) is 1.40. The van der Waals surface area contributed by atoms with E-state index in [4.69, 9.17) is 9.47 Å². The average Bonchev–Trinajstić information content (AvgIpc) is 2.50. The summed E-state index contributed by atoms with van der Waals surface area (Å²) >= 11 is 0. The van der Waals surface area contributed by atoms with Gasteiger partial charge in [0.1, 0.15) is 5.60 Å². The van der Waals surface area contributed by atoms with Gasteiger partial charge in [0.05, 0.1) is 13.0 Å². The lowest BCUT2D eigenvalue weighted by atomic mass is 9.95. The first-order valence-corrected chi connectivity index (χ1v) is 8.26. The van der Waals surface area contributed by atoms with E-state index < -0.39 is 11.7 Å². The highest BCUT2D eigenvalue weighted by Crippen LogP contribution is 2.18. The molecule has 1 amide bonds. The van der Waals surface area contributed by atoms with Crippen molar-refractivity contribution in [2.75, 3.05) is 13.7 Å². The van der Waals surface area contributed by atoms with Crippen LogP contribution in [0.1, 0.15) is 51.7 Å². The summed E-state index contributed by atoms with van der Waals surface area (Å²) < 4.78 is 10.0. The normalized spacial score (nSPS) is 13.8. The number of amides is 1. The molecule has 0 aliphatic heterocycles. The number of rotatable bonds is 6. The number of benzene rings is 1. The molecule has 0 saturated heterocycles. The van der Waals surface area contributed by atoms with Crippen LogP contribution in [0.2, 0.25) is 0 Å². The van der Waals surface area contributed by atoms with E-state index in [1.165, 1.54) is 7.11 Å². The summed E-state index contributed by atoms with van der Waals surface area (Å²) in [6.07, 6.45) is 0.219. The SMILES string of the molecule is COC(=O)C(C)Cc1cccc(C(C)CNC(=O)OC(C)(C)C)c1. The molecule has 0 radical (unpaired) electrons. The molecule has 0 aliphatic rings. The van der Waals surface area contributed by atoms with Gasteiger partial charge in [0.25, 0.3) is 0 Å². The van der Waals surface area contributed by atoms with Crippen molar-refractivity contribution in [2.24, 2.45) is 5.92 Å². The lowest BCUT2D eigenvalue weighted by Gasteiger charge is -2.21. The molecule has 0 saturated carbocycles. The standard InChI is InChI=1S/C19H29NO4/c1-13(17(21)23-6)10-15-8-7-9-16(11-15)14(2)12-20-18(22)24-19(3,4)5/h7-9,11,13-14H,10,12H2,1-6H3,(H,20,22). The average molecular weight is 335 g/mol. The van der Waals surface area contributed by atoms with Crippen molar-refractivity contribution in [2.45, 2.75) is 52.6 Å². The second-order valence-electron chi connectivity index (χ2n) is 7.16. The lowest BCUT2D eigenvalue weighted by molar-refractivity contribution is -0.144. The van der Waals surface area contributed by atoms with Crippen LogP contribution in [0, 0.1) is 5.92 Å². The number of esters is 1. The third-order valence-corrected chi connectivity index (χ3v) is 3.62. The summed E-state index contributed by atoms with van der Waals surface area (Å²) in [4.78, 5) is 23.3. The molecule has 0 fully saturated rings. The molecular formula is C19H29NO4. The van der Waals surface area contributed by atoms with E-state index in [9.17, 15) is 9.59 Å². The second kappa shape index (κ2) is 8.71. The van der Waals surface area contributed by atoms with Gasteiger partial charge in [-0.05, 0) is 44.2 Å². The Balaban J connectivity index is 2.62. The van der Waals surface area contributed by atoms with Gasteiger partial charge in [-0.3, -0.25) is 4.79 Å². The Morgan fingerprint density at radius 2 is 1.88 bits per heavy atom. The molecule has 2 atom stereocenters. The largest absolute Gasteiger partial charge is 0.469 e. The fraction of sp³-hybridized carbons (Fsp3) is 0.579. The zero-order valence-corrected chi connectivity index (χ0v) is 15.5. The van der Waals surface area contributed by atoms with Gasteiger partial charge in [-0.15, -0.1) is 0 Å². The van der Waals surface area contributed by atoms with E-state index in [0.717, 1.165) is 11.1 Å². The van der Waals surface area contributed by atoms with Gasteiger partial charge in [0.15, 0.2) is 0 Å². The number of hydrogen-bond acceptors (Lipinski definition) is 4. The van der Waals surface area contributed by atoms with Crippen LogP contribution in [0.15, 0.2) is 24.3 Å². The quantitative estimate of drug-likeness (QED) is 0.806. The van der Waals surface area contributed by atoms with Crippen molar-refractivity contribution in [1.29, 1.82) is 0 Å². The van der Waals surface area contributed by atoms with Crippen LogP contribution >= 0.6 is 0 Å². The molecule has 134 valence electrons. The molecule has 0 heterocycles. The van der Waals surface area contributed by atoms with E-state index >= 15 is 0 Å². The molecule has 0 spiro atoms. The highest BCUT2D eigenvalue weighted by molar-refractivity contribution is 5.72. The van der Waals surface area contributed by atoms with Crippen LogP contribution in [0.4, 0.5) is 4.79 Å². The maximum Gasteiger partial charge on any atom is 0.407 e. The van der Waals surface area contributed by atoms with E-state index in [1.807, 2.05) is 52.8 Å². The Bertz CT molecular complexity index is 563. The predicted octanol–water partition coefficient (Wildman–Crippen LogP) is 3.67. The Kier molecular flexibility index (Phi) is 7.26. The van der Waals surface area contributed by atoms with Crippen molar-refractivity contribution in [3.8, 4) is 0 Å². The molecule has 1 aromatic carbocycles. The number of alkyl carbamates (subject to hydrolysis) is 1. The van der Waals surface area contributed by atoms with Gasteiger partial charge < -0.3 is 14.8 Å². The number of hydrogen-bond donors (Lipinski definition) is 1. The molecular weight excluding hydrogens is 306 g/mol. The van der Waals surface area contributed by atoms with Crippen LogP contribution < -0.4 is 5.32 Å². The number of nitrogens with one attached hydrogen (secondary N) is 1. The Hall–Kier alpha value is -2.04. The smallest absolute Gasteiger partial charge is 0.407 e. The summed E-state index contributed by atoms with van der Waals surface area (Å²) in [5.74, 6) is -0.244. The molecule has 24 heavy (non-hydrogen) atoms. The van der Waals surface area contributed by atoms with Gasteiger partial charge in [-0.2, -0.15) is 0 Å². The number of ether oxygens (including phenoxy) is 2. The van der Waals surface area contributed by atoms with Crippen molar-refractivity contribution < 1.29 is 19.1 Å². The fourth-order valence-electron chi connectivity index (χ4n) is 2.33. The fourth-order valence-corrected chi connectivity index (χ4v) is 2.33. The molecule has 1 aromatic rings. The first-order chi connectivity index (χ1) is 11.1. The van der Waals surface area contributed by atoms with Crippen molar-refractivity contribution in [1.82, 2.24) is 5.32 Å². The van der Waals surface area contributed by atoms with Crippen molar-refractivity contribution >= 4 is 12.1 Å². The lowest BCUT2D eigenvalue weighted by Crippen LogP contribution is -2.34. The topological polar surface area (TPSA) is 64.6 Å². The number of methoxy groups -OCH3 is 1. The second-order valence-corrected chi connectivity index (χ2v) is 7.16. The van der Waals surface area contributed by atoms with E-state index in [2.05, 4.69) is 11.4 Å². The molecule has 1 rings (SSSR count). The van der Waals surface area contributed by atoms with Gasteiger partial charge in [0, 0.05) is 6.54 Å². The number of carbonyl (C=O) groups is 2. The molecule has 5 heteroatoms. The molecule has 5 nitrogen and oxygen atoms in total. The maximum atomic E-state index is 11.7. The van der Waals surface area contributed by atoms with Gasteiger partial charge in [-0.1, -0.05) is 38.1 Å².